The molecule has 0 aromatic heterocycles. The van der Waals surface area contributed by atoms with Gasteiger partial charge >= 0.3 is 0 Å². The highest BCUT2D eigenvalue weighted by atomic mass is 16.3. The molecule has 86 valence electrons. The van der Waals surface area contributed by atoms with Gasteiger partial charge in [-0.3, -0.25) is 4.79 Å². The fourth-order valence-corrected chi connectivity index (χ4v) is 2.44. The summed E-state index contributed by atoms with van der Waals surface area (Å²) in [5.74, 6) is 0.188. The van der Waals surface area contributed by atoms with Crippen molar-refractivity contribution < 1.29 is 9.90 Å². The van der Waals surface area contributed by atoms with E-state index in [1.165, 1.54) is 6.42 Å². The monoisotopic (exact) mass is 212 g/mol. The molecule has 2 fully saturated rings. The van der Waals surface area contributed by atoms with Crippen LogP contribution in [0.2, 0.25) is 0 Å². The van der Waals surface area contributed by atoms with Gasteiger partial charge in [0.05, 0.1) is 12.1 Å². The second-order valence-corrected chi connectivity index (χ2v) is 4.58. The number of aliphatic hydroxyl groups excluding tert-OH is 1. The Kier molecular flexibility index (Phi) is 3.59. The maximum absolute atomic E-state index is 12.1. The second-order valence-electron chi connectivity index (χ2n) is 4.58. The lowest BCUT2D eigenvalue weighted by atomic mass is 10.0. The van der Waals surface area contributed by atoms with Crippen LogP contribution in [0.3, 0.4) is 0 Å². The number of hydrogen-bond donors (Lipinski definition) is 2. The first-order valence-corrected chi connectivity index (χ1v) is 5.97. The zero-order valence-electron chi connectivity index (χ0n) is 9.11. The molecule has 4 heteroatoms. The Morgan fingerprint density at radius 3 is 2.80 bits per heavy atom. The van der Waals surface area contributed by atoms with Gasteiger partial charge in [0.2, 0.25) is 5.91 Å². The van der Waals surface area contributed by atoms with Crippen molar-refractivity contribution in [3.63, 3.8) is 0 Å². The molecule has 2 heterocycles. The lowest BCUT2D eigenvalue weighted by Gasteiger charge is -2.34. The van der Waals surface area contributed by atoms with Gasteiger partial charge in [-0.05, 0) is 32.2 Å². The topological polar surface area (TPSA) is 52.6 Å². The lowest BCUT2D eigenvalue weighted by Crippen LogP contribution is -2.52. The number of piperidine rings is 2. The Labute approximate surface area is 90.6 Å². The lowest BCUT2D eigenvalue weighted by molar-refractivity contribution is -0.137. The predicted octanol–water partition coefficient (Wildman–Crippen LogP) is 0.112. The standard InChI is InChI=1S/C11H20N2O2/c14-9-4-3-7-13(8-9)11(15)10-5-1-2-6-12-10/h9-10,12,14H,1-8H2/t9?,10-/m0/s1. The van der Waals surface area contributed by atoms with Crippen molar-refractivity contribution in [2.24, 2.45) is 0 Å². The van der Waals surface area contributed by atoms with Crippen LogP contribution in [0.15, 0.2) is 0 Å². The molecule has 2 aliphatic rings. The molecular formula is C11H20N2O2. The number of β-amino-alcohol motifs (C(OH)–C–C–N with tert-alkyl or cyclic N) is 1. The minimum absolute atomic E-state index is 0.00375. The third-order valence-corrected chi connectivity index (χ3v) is 3.32. The van der Waals surface area contributed by atoms with Gasteiger partial charge in [-0.25, -0.2) is 0 Å². The highest BCUT2D eigenvalue weighted by Crippen LogP contribution is 2.14. The summed E-state index contributed by atoms with van der Waals surface area (Å²) < 4.78 is 0. The number of nitrogens with zero attached hydrogens (tertiary/aromatic N) is 1. The summed E-state index contributed by atoms with van der Waals surface area (Å²) in [5, 5.41) is 12.8. The summed E-state index contributed by atoms with van der Waals surface area (Å²) in [6.45, 7) is 2.29. The first-order valence-electron chi connectivity index (χ1n) is 5.97. The molecule has 2 saturated heterocycles. The van der Waals surface area contributed by atoms with Gasteiger partial charge in [-0.15, -0.1) is 0 Å². The summed E-state index contributed by atoms with van der Waals surface area (Å²) in [6, 6.07) is 0.00375. The molecule has 0 aliphatic carbocycles. The van der Waals surface area contributed by atoms with Gasteiger partial charge in [0.1, 0.15) is 0 Å². The summed E-state index contributed by atoms with van der Waals surface area (Å²) in [6.07, 6.45) is 4.71. The van der Waals surface area contributed by atoms with Gasteiger partial charge in [-0.1, -0.05) is 6.42 Å². The van der Waals surface area contributed by atoms with Crippen LogP contribution >= 0.6 is 0 Å². The van der Waals surface area contributed by atoms with Gasteiger partial charge in [0, 0.05) is 13.1 Å². The Morgan fingerprint density at radius 2 is 2.13 bits per heavy atom. The molecule has 0 bridgehead atoms. The van der Waals surface area contributed by atoms with Crippen molar-refractivity contribution in [2.75, 3.05) is 19.6 Å². The molecule has 0 aromatic carbocycles. The Morgan fingerprint density at radius 1 is 1.27 bits per heavy atom. The number of likely N-dealkylation sites (tertiary alicyclic amines) is 1. The first kappa shape index (κ1) is 10.9. The normalized spacial score (nSPS) is 32.7. The predicted molar refractivity (Wildman–Crippen MR) is 57.5 cm³/mol. The molecule has 1 amide bonds. The van der Waals surface area contributed by atoms with Crippen LogP contribution in [0.25, 0.3) is 0 Å². The second kappa shape index (κ2) is 4.94. The fraction of sp³-hybridized carbons (Fsp3) is 0.909. The minimum Gasteiger partial charge on any atom is -0.391 e. The average molecular weight is 212 g/mol. The van der Waals surface area contributed by atoms with E-state index in [0.717, 1.165) is 38.8 Å². The molecule has 15 heavy (non-hydrogen) atoms. The van der Waals surface area contributed by atoms with E-state index in [9.17, 15) is 9.90 Å². The van der Waals surface area contributed by atoms with E-state index in [4.69, 9.17) is 0 Å². The van der Waals surface area contributed by atoms with Gasteiger partial charge < -0.3 is 15.3 Å². The van der Waals surface area contributed by atoms with E-state index >= 15 is 0 Å². The number of rotatable bonds is 1. The van der Waals surface area contributed by atoms with E-state index in [-0.39, 0.29) is 18.1 Å². The quantitative estimate of drug-likeness (QED) is 0.649. The van der Waals surface area contributed by atoms with Crippen LogP contribution in [0.5, 0.6) is 0 Å². The SMILES string of the molecule is O=C([C@@H]1CCCCN1)N1CCCC(O)C1. The molecule has 0 saturated carbocycles. The van der Waals surface area contributed by atoms with E-state index < -0.39 is 0 Å². The first-order chi connectivity index (χ1) is 7.27. The highest BCUT2D eigenvalue weighted by molar-refractivity contribution is 5.82. The van der Waals surface area contributed by atoms with Crippen LogP contribution in [-0.2, 0) is 4.79 Å². The molecule has 2 aliphatic heterocycles. The van der Waals surface area contributed by atoms with E-state index in [1.807, 2.05) is 4.90 Å². The molecule has 2 N–H and O–H groups in total. The number of carbonyl (C=O) groups excluding carboxylic acids is 1. The third-order valence-electron chi connectivity index (χ3n) is 3.32. The number of hydrogen-bond acceptors (Lipinski definition) is 3. The molecule has 2 rings (SSSR count). The smallest absolute Gasteiger partial charge is 0.239 e. The van der Waals surface area contributed by atoms with Crippen molar-refractivity contribution in [3.05, 3.63) is 0 Å². The fourth-order valence-electron chi connectivity index (χ4n) is 2.44. The van der Waals surface area contributed by atoms with Crippen molar-refractivity contribution in [3.8, 4) is 0 Å². The number of carbonyl (C=O) groups is 1. The van der Waals surface area contributed by atoms with Gasteiger partial charge in [0.25, 0.3) is 0 Å². The Hall–Kier alpha value is -0.610. The number of aliphatic hydroxyl groups is 1. The molecule has 0 spiro atoms. The maximum Gasteiger partial charge on any atom is 0.239 e. The maximum atomic E-state index is 12.1. The molecule has 1 unspecified atom stereocenters. The van der Waals surface area contributed by atoms with Crippen molar-refractivity contribution in [1.29, 1.82) is 0 Å². The molecule has 0 radical (unpaired) electrons. The highest BCUT2D eigenvalue weighted by Gasteiger charge is 2.28. The molecule has 0 aromatic rings. The summed E-state index contributed by atoms with van der Waals surface area (Å²) in [5.41, 5.74) is 0. The van der Waals surface area contributed by atoms with E-state index in [0.29, 0.717) is 6.54 Å². The molecule has 4 nitrogen and oxygen atoms in total. The van der Waals surface area contributed by atoms with Gasteiger partial charge in [0.15, 0.2) is 0 Å². The zero-order chi connectivity index (χ0) is 10.7. The number of amides is 1. The third kappa shape index (κ3) is 2.69. The van der Waals surface area contributed by atoms with E-state index in [1.54, 1.807) is 0 Å². The van der Waals surface area contributed by atoms with Crippen LogP contribution in [-0.4, -0.2) is 47.7 Å². The largest absolute Gasteiger partial charge is 0.391 e. The summed E-state index contributed by atoms with van der Waals surface area (Å²) in [4.78, 5) is 13.9. The summed E-state index contributed by atoms with van der Waals surface area (Å²) in [7, 11) is 0. The van der Waals surface area contributed by atoms with Crippen molar-refractivity contribution in [1.82, 2.24) is 10.2 Å². The van der Waals surface area contributed by atoms with Crippen molar-refractivity contribution >= 4 is 5.91 Å². The van der Waals surface area contributed by atoms with Crippen molar-refractivity contribution in [2.45, 2.75) is 44.2 Å². The number of nitrogens with one attached hydrogen (secondary N) is 1. The van der Waals surface area contributed by atoms with Crippen LogP contribution < -0.4 is 5.32 Å². The molecule has 2 atom stereocenters. The molecular weight excluding hydrogens is 192 g/mol. The Bertz CT molecular complexity index is 227. The van der Waals surface area contributed by atoms with Crippen LogP contribution in [0.4, 0.5) is 0 Å². The van der Waals surface area contributed by atoms with Crippen LogP contribution in [0, 0.1) is 0 Å². The van der Waals surface area contributed by atoms with Crippen LogP contribution in [0.1, 0.15) is 32.1 Å². The Balaban J connectivity index is 1.88. The zero-order valence-corrected chi connectivity index (χ0v) is 9.11. The van der Waals surface area contributed by atoms with E-state index in [2.05, 4.69) is 5.32 Å². The minimum atomic E-state index is -0.314. The average Bonchev–Trinajstić information content (AvgIpc) is 2.29. The van der Waals surface area contributed by atoms with Gasteiger partial charge in [-0.2, -0.15) is 0 Å². The summed E-state index contributed by atoms with van der Waals surface area (Å²) >= 11 is 0.